The van der Waals surface area contributed by atoms with Crippen molar-refractivity contribution in [3.8, 4) is 5.75 Å². The fourth-order valence-electron chi connectivity index (χ4n) is 2.35. The molecule has 21 heavy (non-hydrogen) atoms. The average Bonchev–Trinajstić information content (AvgIpc) is 2.53. The van der Waals surface area contributed by atoms with Crippen LogP contribution in [-0.4, -0.2) is 37.1 Å². The molecule has 0 radical (unpaired) electrons. The maximum Gasteiger partial charge on any atom is 0.191 e. The summed E-state index contributed by atoms with van der Waals surface area (Å²) in [5, 5.41) is 0. The van der Waals surface area contributed by atoms with E-state index in [1.54, 1.807) is 12.1 Å². The van der Waals surface area contributed by atoms with Crippen LogP contribution in [0.25, 0.3) is 0 Å². The largest absolute Gasteiger partial charge is 0.494 e. The second kappa shape index (κ2) is 8.49. The lowest BCUT2D eigenvalue weighted by molar-refractivity contribution is 0.307. The number of ether oxygens (including phenoxy) is 1. The summed E-state index contributed by atoms with van der Waals surface area (Å²) in [4.78, 5) is 6.58. The average molecular weight is 293 g/mol. The fourth-order valence-corrected chi connectivity index (χ4v) is 2.35. The third-order valence-corrected chi connectivity index (χ3v) is 3.59. The molecular weight excluding hydrogens is 269 g/mol. The van der Waals surface area contributed by atoms with E-state index in [4.69, 9.17) is 10.5 Å². The number of benzene rings is 1. The van der Waals surface area contributed by atoms with Crippen molar-refractivity contribution in [2.24, 2.45) is 10.7 Å². The van der Waals surface area contributed by atoms with Crippen LogP contribution in [0.5, 0.6) is 5.75 Å². The lowest BCUT2D eigenvalue weighted by atomic mass is 10.1. The fraction of sp³-hybridized carbons (Fsp3) is 0.562. The number of hydrogen-bond acceptors (Lipinski definition) is 2. The molecule has 1 saturated heterocycles. The summed E-state index contributed by atoms with van der Waals surface area (Å²) >= 11 is 0. The van der Waals surface area contributed by atoms with Gasteiger partial charge in [0, 0.05) is 19.6 Å². The van der Waals surface area contributed by atoms with Gasteiger partial charge >= 0.3 is 0 Å². The SMILES string of the molecule is NC(=NCCCCOc1ccc(F)cc1)N1CCCCC1. The highest BCUT2D eigenvalue weighted by atomic mass is 19.1. The van der Waals surface area contributed by atoms with Crippen molar-refractivity contribution in [2.75, 3.05) is 26.2 Å². The van der Waals surface area contributed by atoms with E-state index in [0.29, 0.717) is 18.3 Å². The van der Waals surface area contributed by atoms with Crippen LogP contribution < -0.4 is 10.5 Å². The Hall–Kier alpha value is -1.78. The lowest BCUT2D eigenvalue weighted by Gasteiger charge is -2.27. The molecule has 4 nitrogen and oxygen atoms in total. The van der Waals surface area contributed by atoms with Crippen LogP contribution in [0, 0.1) is 5.82 Å². The number of guanidine groups is 1. The summed E-state index contributed by atoms with van der Waals surface area (Å²) in [6.07, 6.45) is 5.57. The van der Waals surface area contributed by atoms with E-state index in [1.165, 1.54) is 31.4 Å². The Labute approximate surface area is 125 Å². The Morgan fingerprint density at radius 1 is 1.14 bits per heavy atom. The summed E-state index contributed by atoms with van der Waals surface area (Å²) in [6.45, 7) is 3.41. The molecule has 2 rings (SSSR count). The van der Waals surface area contributed by atoms with Crippen molar-refractivity contribution in [1.82, 2.24) is 4.90 Å². The van der Waals surface area contributed by atoms with Crippen molar-refractivity contribution in [2.45, 2.75) is 32.1 Å². The summed E-state index contributed by atoms with van der Waals surface area (Å²) < 4.78 is 18.2. The zero-order valence-electron chi connectivity index (χ0n) is 12.4. The van der Waals surface area contributed by atoms with Crippen LogP contribution in [-0.2, 0) is 0 Å². The van der Waals surface area contributed by atoms with Crippen LogP contribution in [0.15, 0.2) is 29.3 Å². The van der Waals surface area contributed by atoms with Gasteiger partial charge in [-0.3, -0.25) is 4.99 Å². The molecular formula is C16H24FN3O. The maximum atomic E-state index is 12.7. The van der Waals surface area contributed by atoms with Crippen molar-refractivity contribution < 1.29 is 9.13 Å². The van der Waals surface area contributed by atoms with Crippen molar-refractivity contribution in [3.63, 3.8) is 0 Å². The number of aliphatic imine (C=N–C) groups is 1. The number of piperidine rings is 1. The molecule has 2 N–H and O–H groups in total. The molecule has 1 aromatic carbocycles. The number of nitrogens with zero attached hydrogens (tertiary/aromatic N) is 2. The van der Waals surface area contributed by atoms with Gasteiger partial charge in [0.1, 0.15) is 11.6 Å². The van der Waals surface area contributed by atoms with E-state index >= 15 is 0 Å². The number of hydrogen-bond donors (Lipinski definition) is 1. The Kier molecular flexibility index (Phi) is 6.31. The van der Waals surface area contributed by atoms with Gasteiger partial charge in [0.15, 0.2) is 5.96 Å². The zero-order chi connectivity index (χ0) is 14.9. The zero-order valence-corrected chi connectivity index (χ0v) is 12.4. The minimum Gasteiger partial charge on any atom is -0.494 e. The highest BCUT2D eigenvalue weighted by Crippen LogP contribution is 2.11. The quantitative estimate of drug-likeness (QED) is 0.498. The van der Waals surface area contributed by atoms with Gasteiger partial charge < -0.3 is 15.4 Å². The number of likely N-dealkylation sites (tertiary alicyclic amines) is 1. The van der Waals surface area contributed by atoms with Crippen molar-refractivity contribution >= 4 is 5.96 Å². The minimum absolute atomic E-state index is 0.245. The van der Waals surface area contributed by atoms with Gasteiger partial charge in [0.2, 0.25) is 0 Å². The van der Waals surface area contributed by atoms with Gasteiger partial charge in [-0.15, -0.1) is 0 Å². The van der Waals surface area contributed by atoms with Crippen LogP contribution in [0.4, 0.5) is 4.39 Å². The smallest absolute Gasteiger partial charge is 0.191 e. The van der Waals surface area contributed by atoms with E-state index in [0.717, 1.165) is 32.5 Å². The van der Waals surface area contributed by atoms with E-state index in [9.17, 15) is 4.39 Å². The molecule has 5 heteroatoms. The van der Waals surface area contributed by atoms with Gasteiger partial charge in [-0.05, 0) is 56.4 Å². The first-order valence-corrected chi connectivity index (χ1v) is 7.69. The standard InChI is InChI=1S/C16H24FN3O/c17-14-6-8-15(9-7-14)21-13-5-2-10-19-16(18)20-11-3-1-4-12-20/h6-9H,1-5,10-13H2,(H2,18,19). The molecule has 0 aliphatic carbocycles. The first-order chi connectivity index (χ1) is 10.3. The monoisotopic (exact) mass is 293 g/mol. The molecule has 0 bridgehead atoms. The first-order valence-electron chi connectivity index (χ1n) is 7.69. The number of halogens is 1. The maximum absolute atomic E-state index is 12.7. The van der Waals surface area contributed by atoms with E-state index < -0.39 is 0 Å². The molecule has 0 saturated carbocycles. The number of unbranched alkanes of at least 4 members (excludes halogenated alkanes) is 1. The normalized spacial score (nSPS) is 16.0. The molecule has 1 aliphatic rings. The highest BCUT2D eigenvalue weighted by molar-refractivity contribution is 5.78. The molecule has 116 valence electrons. The van der Waals surface area contributed by atoms with Gasteiger partial charge in [-0.2, -0.15) is 0 Å². The van der Waals surface area contributed by atoms with Crippen LogP contribution in [0.3, 0.4) is 0 Å². The molecule has 0 amide bonds. The van der Waals surface area contributed by atoms with Gasteiger partial charge in [0.25, 0.3) is 0 Å². The Morgan fingerprint density at radius 2 is 1.86 bits per heavy atom. The number of nitrogens with two attached hydrogens (primary N) is 1. The van der Waals surface area contributed by atoms with Crippen molar-refractivity contribution in [3.05, 3.63) is 30.1 Å². The molecule has 0 aromatic heterocycles. The second-order valence-corrected chi connectivity index (χ2v) is 5.30. The first kappa shape index (κ1) is 15.6. The Bertz CT molecular complexity index is 441. The molecule has 1 heterocycles. The number of rotatable bonds is 6. The lowest BCUT2D eigenvalue weighted by Crippen LogP contribution is -2.40. The third-order valence-electron chi connectivity index (χ3n) is 3.59. The highest BCUT2D eigenvalue weighted by Gasteiger charge is 2.11. The molecule has 1 aliphatic heterocycles. The molecule has 0 unspecified atom stereocenters. The van der Waals surface area contributed by atoms with Crippen LogP contribution in [0.2, 0.25) is 0 Å². The predicted molar refractivity (Wildman–Crippen MR) is 83.0 cm³/mol. The predicted octanol–water partition coefficient (Wildman–Crippen LogP) is 2.79. The summed E-state index contributed by atoms with van der Waals surface area (Å²) in [5.74, 6) is 1.13. The van der Waals surface area contributed by atoms with E-state index in [1.807, 2.05) is 0 Å². The summed E-state index contributed by atoms with van der Waals surface area (Å²) in [7, 11) is 0. The third kappa shape index (κ3) is 5.61. The molecule has 1 fully saturated rings. The van der Waals surface area contributed by atoms with E-state index in [2.05, 4.69) is 9.89 Å². The summed E-state index contributed by atoms with van der Waals surface area (Å²) in [5.41, 5.74) is 5.98. The van der Waals surface area contributed by atoms with Crippen LogP contribution >= 0.6 is 0 Å². The Morgan fingerprint density at radius 3 is 2.57 bits per heavy atom. The Balaban J connectivity index is 1.57. The molecule has 0 atom stereocenters. The molecule has 1 aromatic rings. The molecule has 0 spiro atoms. The van der Waals surface area contributed by atoms with Gasteiger partial charge in [-0.25, -0.2) is 4.39 Å². The summed E-state index contributed by atoms with van der Waals surface area (Å²) in [6, 6.07) is 6.08. The minimum atomic E-state index is -0.245. The van der Waals surface area contributed by atoms with E-state index in [-0.39, 0.29) is 5.82 Å². The van der Waals surface area contributed by atoms with Crippen molar-refractivity contribution in [1.29, 1.82) is 0 Å². The van der Waals surface area contributed by atoms with Crippen LogP contribution in [0.1, 0.15) is 32.1 Å². The van der Waals surface area contributed by atoms with Gasteiger partial charge in [0.05, 0.1) is 6.61 Å². The second-order valence-electron chi connectivity index (χ2n) is 5.30. The van der Waals surface area contributed by atoms with Gasteiger partial charge in [-0.1, -0.05) is 0 Å². The topological polar surface area (TPSA) is 50.9 Å².